The lowest BCUT2D eigenvalue weighted by atomic mass is 10.1. The topological polar surface area (TPSA) is 84.3 Å². The van der Waals surface area contributed by atoms with Crippen molar-refractivity contribution >= 4 is 28.8 Å². The highest BCUT2D eigenvalue weighted by Gasteiger charge is 2.35. The number of nitrogens with zero attached hydrogens (tertiary/aromatic N) is 3. The number of benzene rings is 3. The van der Waals surface area contributed by atoms with Gasteiger partial charge >= 0.3 is 0 Å². The second-order valence-electron chi connectivity index (χ2n) is 8.02. The quantitative estimate of drug-likeness (QED) is 0.468. The van der Waals surface area contributed by atoms with Crippen LogP contribution in [-0.4, -0.2) is 38.7 Å². The Morgan fingerprint density at radius 3 is 2.42 bits per heavy atom. The Morgan fingerprint density at radius 1 is 0.909 bits per heavy atom. The molecule has 33 heavy (non-hydrogen) atoms. The van der Waals surface area contributed by atoms with Crippen molar-refractivity contribution in [1.82, 2.24) is 19.8 Å². The van der Waals surface area contributed by atoms with Crippen molar-refractivity contribution in [2.45, 2.75) is 13.0 Å². The minimum Gasteiger partial charge on any atom is -0.345 e. The van der Waals surface area contributed by atoms with Crippen LogP contribution in [-0.2, 0) is 20.0 Å². The summed E-state index contributed by atoms with van der Waals surface area (Å²) in [6.07, 6.45) is 0.581. The van der Waals surface area contributed by atoms with E-state index in [2.05, 4.69) is 10.3 Å². The number of hydrogen-bond donors (Lipinski definition) is 1. The first-order valence-electron chi connectivity index (χ1n) is 10.8. The fourth-order valence-corrected chi connectivity index (χ4v) is 4.14. The second kappa shape index (κ2) is 8.35. The third kappa shape index (κ3) is 3.78. The van der Waals surface area contributed by atoms with Gasteiger partial charge in [0, 0.05) is 19.2 Å². The molecule has 4 aromatic rings. The number of fused-ring (bicyclic) bond motifs is 2. The van der Waals surface area contributed by atoms with Crippen LogP contribution < -0.4 is 5.32 Å². The largest absolute Gasteiger partial charge is 0.345 e. The summed E-state index contributed by atoms with van der Waals surface area (Å²) < 4.78 is 1.94. The van der Waals surface area contributed by atoms with E-state index in [1.54, 1.807) is 12.1 Å². The zero-order valence-electron chi connectivity index (χ0n) is 18.1. The Hall–Kier alpha value is -4.26. The molecule has 7 heteroatoms. The number of amides is 3. The molecule has 7 nitrogen and oxygen atoms in total. The second-order valence-corrected chi connectivity index (χ2v) is 8.02. The van der Waals surface area contributed by atoms with Gasteiger partial charge in [0.15, 0.2) is 0 Å². The first-order chi connectivity index (χ1) is 16.0. The van der Waals surface area contributed by atoms with Crippen LogP contribution in [0.2, 0.25) is 0 Å². The van der Waals surface area contributed by atoms with Gasteiger partial charge in [0.05, 0.1) is 28.7 Å². The number of aryl methyl sites for hydroxylation is 1. The van der Waals surface area contributed by atoms with Crippen molar-refractivity contribution in [3.05, 3.63) is 101 Å². The maximum absolute atomic E-state index is 12.9. The summed E-state index contributed by atoms with van der Waals surface area (Å²) in [6.45, 7) is 0.543. The summed E-state index contributed by atoms with van der Waals surface area (Å²) in [6, 6.07) is 22.1. The van der Waals surface area contributed by atoms with Gasteiger partial charge in [-0.15, -0.1) is 0 Å². The first kappa shape index (κ1) is 20.6. The van der Waals surface area contributed by atoms with Crippen LogP contribution in [0.5, 0.6) is 0 Å². The van der Waals surface area contributed by atoms with E-state index >= 15 is 0 Å². The highest BCUT2D eigenvalue weighted by Crippen LogP contribution is 2.24. The van der Waals surface area contributed by atoms with Gasteiger partial charge in [-0.1, -0.05) is 42.5 Å². The number of rotatable bonds is 6. The monoisotopic (exact) mass is 438 g/mol. The lowest BCUT2D eigenvalue weighted by Gasteiger charge is -2.13. The lowest BCUT2D eigenvalue weighted by molar-refractivity contribution is 0.0656. The van der Waals surface area contributed by atoms with Crippen molar-refractivity contribution in [1.29, 1.82) is 0 Å². The molecule has 0 radical (unpaired) electrons. The molecule has 1 aromatic heterocycles. The van der Waals surface area contributed by atoms with Crippen LogP contribution in [0.4, 0.5) is 0 Å². The van der Waals surface area contributed by atoms with Gasteiger partial charge in [0.2, 0.25) is 0 Å². The molecule has 2 heterocycles. The number of aromatic nitrogens is 2. The van der Waals surface area contributed by atoms with E-state index in [9.17, 15) is 14.4 Å². The summed E-state index contributed by atoms with van der Waals surface area (Å²) in [5.74, 6) is -0.287. The van der Waals surface area contributed by atoms with Gasteiger partial charge in [0.25, 0.3) is 17.7 Å². The Morgan fingerprint density at radius 2 is 1.64 bits per heavy atom. The molecule has 0 unspecified atom stereocenters. The van der Waals surface area contributed by atoms with Gasteiger partial charge in [-0.05, 0) is 42.3 Å². The first-order valence-corrected chi connectivity index (χ1v) is 10.8. The average molecular weight is 438 g/mol. The molecule has 0 atom stereocenters. The zero-order chi connectivity index (χ0) is 22.9. The van der Waals surface area contributed by atoms with Crippen LogP contribution in [0.3, 0.4) is 0 Å². The highest BCUT2D eigenvalue weighted by molar-refractivity contribution is 6.22. The molecular weight excluding hydrogens is 416 g/mol. The van der Waals surface area contributed by atoms with Crippen LogP contribution in [0, 0.1) is 0 Å². The number of carbonyl (C=O) groups is 3. The highest BCUT2D eigenvalue weighted by atomic mass is 16.2. The summed E-state index contributed by atoms with van der Waals surface area (Å²) in [5.41, 5.74) is 3.83. The van der Waals surface area contributed by atoms with Crippen molar-refractivity contribution in [3.8, 4) is 0 Å². The van der Waals surface area contributed by atoms with Gasteiger partial charge in [0.1, 0.15) is 5.82 Å². The Balaban J connectivity index is 1.29. The van der Waals surface area contributed by atoms with E-state index in [0.717, 1.165) is 22.4 Å². The Bertz CT molecular complexity index is 1390. The Labute approximate surface area is 190 Å². The third-order valence-corrected chi connectivity index (χ3v) is 5.99. The fourth-order valence-electron chi connectivity index (χ4n) is 4.14. The summed E-state index contributed by atoms with van der Waals surface area (Å²) in [4.78, 5) is 44.2. The van der Waals surface area contributed by atoms with E-state index in [1.165, 1.54) is 11.0 Å². The molecule has 3 aromatic carbocycles. The Kier molecular flexibility index (Phi) is 5.22. The number of imidazole rings is 1. The summed E-state index contributed by atoms with van der Waals surface area (Å²) in [5, 5.41) is 2.86. The SMILES string of the molecule is Cn1c(CNC(=O)c2ccc3c(c2)C(=O)N(CCc2ccccc2)C3=O)nc2ccccc21. The number of nitrogens with one attached hydrogen (secondary N) is 1. The molecular formula is C26H22N4O3. The van der Waals surface area contributed by atoms with E-state index in [4.69, 9.17) is 0 Å². The standard InChI is InChI=1S/C26H22N4O3/c1-29-22-10-6-5-9-21(22)28-23(29)16-27-24(31)18-11-12-19-20(15-18)26(33)30(25(19)32)14-13-17-7-3-2-4-8-17/h2-12,15H,13-14,16H2,1H3,(H,27,31). The normalized spacial score (nSPS) is 12.9. The molecule has 0 aliphatic carbocycles. The third-order valence-electron chi connectivity index (χ3n) is 5.99. The van der Waals surface area contributed by atoms with Crippen molar-refractivity contribution < 1.29 is 14.4 Å². The molecule has 0 saturated carbocycles. The van der Waals surface area contributed by atoms with Crippen molar-refractivity contribution in [3.63, 3.8) is 0 Å². The molecule has 0 saturated heterocycles. The number of carbonyl (C=O) groups excluding carboxylic acids is 3. The van der Waals surface area contributed by atoms with E-state index in [0.29, 0.717) is 24.1 Å². The summed E-state index contributed by atoms with van der Waals surface area (Å²) in [7, 11) is 1.90. The molecule has 3 amide bonds. The minimum absolute atomic E-state index is 0.247. The molecule has 1 N–H and O–H groups in total. The number of hydrogen-bond acceptors (Lipinski definition) is 4. The van der Waals surface area contributed by atoms with Crippen molar-refractivity contribution in [2.75, 3.05) is 6.54 Å². The summed E-state index contributed by atoms with van der Waals surface area (Å²) >= 11 is 0. The minimum atomic E-state index is -0.365. The average Bonchev–Trinajstić information content (AvgIpc) is 3.30. The molecule has 5 rings (SSSR count). The number of para-hydroxylation sites is 2. The molecule has 164 valence electrons. The molecule has 1 aliphatic rings. The molecule has 0 spiro atoms. The lowest BCUT2D eigenvalue weighted by Crippen LogP contribution is -2.31. The van der Waals surface area contributed by atoms with Gasteiger partial charge in [-0.25, -0.2) is 4.98 Å². The van der Waals surface area contributed by atoms with E-state index < -0.39 is 0 Å². The smallest absolute Gasteiger partial charge is 0.261 e. The van der Waals surface area contributed by atoms with Crippen LogP contribution in [0.25, 0.3) is 11.0 Å². The molecule has 1 aliphatic heterocycles. The van der Waals surface area contributed by atoms with Crippen LogP contribution >= 0.6 is 0 Å². The van der Waals surface area contributed by atoms with E-state index in [-0.39, 0.29) is 29.8 Å². The predicted molar refractivity (Wildman–Crippen MR) is 124 cm³/mol. The maximum Gasteiger partial charge on any atom is 0.261 e. The molecule has 0 bridgehead atoms. The van der Waals surface area contributed by atoms with Crippen molar-refractivity contribution in [2.24, 2.45) is 7.05 Å². The fraction of sp³-hybridized carbons (Fsp3) is 0.154. The van der Waals surface area contributed by atoms with Crippen LogP contribution in [0.15, 0.2) is 72.8 Å². The molecule has 0 fully saturated rings. The van der Waals surface area contributed by atoms with Gasteiger partial charge < -0.3 is 9.88 Å². The zero-order valence-corrected chi connectivity index (χ0v) is 18.1. The maximum atomic E-state index is 12.9. The number of imide groups is 1. The predicted octanol–water partition coefficient (Wildman–Crippen LogP) is 3.34. The van der Waals surface area contributed by atoms with Crippen LogP contribution in [0.1, 0.15) is 42.5 Å². The van der Waals surface area contributed by atoms with Gasteiger partial charge in [-0.3, -0.25) is 19.3 Å². The van der Waals surface area contributed by atoms with Gasteiger partial charge in [-0.2, -0.15) is 0 Å². The van der Waals surface area contributed by atoms with E-state index in [1.807, 2.05) is 66.2 Å².